The summed E-state index contributed by atoms with van der Waals surface area (Å²) in [6.45, 7) is 9.69. The Labute approximate surface area is 115 Å². The van der Waals surface area contributed by atoms with Crippen molar-refractivity contribution < 1.29 is 9.90 Å². The fraction of sp³-hybridized carbons (Fsp3) is 0.500. The summed E-state index contributed by atoms with van der Waals surface area (Å²) in [7, 11) is 0. The second kappa shape index (κ2) is 4.41. The molecule has 0 aliphatic heterocycles. The van der Waals surface area contributed by atoms with Crippen LogP contribution in [0.25, 0.3) is 5.13 Å². The van der Waals surface area contributed by atoms with Crippen LogP contribution in [0.1, 0.15) is 47.5 Å². The molecule has 0 saturated heterocycles. The van der Waals surface area contributed by atoms with E-state index in [1.54, 1.807) is 0 Å². The smallest absolute Gasteiger partial charge is 0.358 e. The molecular formula is C12H16N4O2S. The molecule has 1 N–H and O–H groups in total. The van der Waals surface area contributed by atoms with E-state index in [0.717, 1.165) is 10.6 Å². The minimum absolute atomic E-state index is 0.0157. The van der Waals surface area contributed by atoms with Gasteiger partial charge in [0, 0.05) is 10.3 Å². The minimum atomic E-state index is -1.07. The Hall–Kier alpha value is -1.76. The van der Waals surface area contributed by atoms with Crippen molar-refractivity contribution in [2.45, 2.75) is 40.0 Å². The van der Waals surface area contributed by atoms with Crippen LogP contribution in [-0.2, 0) is 5.41 Å². The number of aryl methyl sites for hydroxylation is 2. The van der Waals surface area contributed by atoms with Crippen molar-refractivity contribution in [2.75, 3.05) is 0 Å². The van der Waals surface area contributed by atoms with E-state index in [1.165, 1.54) is 16.0 Å². The molecule has 19 heavy (non-hydrogen) atoms. The molecule has 102 valence electrons. The Morgan fingerprint density at radius 2 is 1.95 bits per heavy atom. The van der Waals surface area contributed by atoms with Crippen LogP contribution in [-0.4, -0.2) is 31.1 Å². The first-order valence-corrected chi connectivity index (χ1v) is 6.67. The highest BCUT2D eigenvalue weighted by atomic mass is 32.1. The molecule has 0 bridgehead atoms. The van der Waals surface area contributed by atoms with E-state index >= 15 is 0 Å². The average Bonchev–Trinajstić information content (AvgIpc) is 2.82. The van der Waals surface area contributed by atoms with Gasteiger partial charge < -0.3 is 5.11 Å². The molecule has 0 fully saturated rings. The number of hydrogen-bond donors (Lipinski definition) is 1. The highest BCUT2D eigenvalue weighted by Gasteiger charge is 2.30. The zero-order valence-electron chi connectivity index (χ0n) is 11.6. The van der Waals surface area contributed by atoms with Crippen LogP contribution in [0, 0.1) is 13.8 Å². The van der Waals surface area contributed by atoms with Gasteiger partial charge in [0.25, 0.3) is 0 Å². The molecule has 6 nitrogen and oxygen atoms in total. The van der Waals surface area contributed by atoms with Crippen molar-refractivity contribution in [3.05, 3.63) is 22.0 Å². The summed E-state index contributed by atoms with van der Waals surface area (Å²) in [4.78, 5) is 16.8. The van der Waals surface area contributed by atoms with Gasteiger partial charge in [0.1, 0.15) is 0 Å². The lowest BCUT2D eigenvalue weighted by molar-refractivity contribution is 0.0687. The normalized spacial score (nSPS) is 11.8. The molecule has 0 atom stereocenters. The van der Waals surface area contributed by atoms with Gasteiger partial charge >= 0.3 is 5.97 Å². The number of aromatic carboxylic acids is 1. The van der Waals surface area contributed by atoms with Crippen molar-refractivity contribution in [1.82, 2.24) is 20.0 Å². The molecular weight excluding hydrogens is 264 g/mol. The molecule has 0 aliphatic carbocycles. The van der Waals surface area contributed by atoms with E-state index in [0.29, 0.717) is 10.8 Å². The third-order valence-electron chi connectivity index (χ3n) is 2.78. The highest BCUT2D eigenvalue weighted by molar-refractivity contribution is 7.14. The lowest BCUT2D eigenvalue weighted by atomic mass is 9.90. The van der Waals surface area contributed by atoms with Gasteiger partial charge in [-0.2, -0.15) is 4.68 Å². The molecule has 2 aromatic rings. The highest BCUT2D eigenvalue weighted by Crippen LogP contribution is 2.29. The van der Waals surface area contributed by atoms with Gasteiger partial charge in [0.05, 0.1) is 11.4 Å². The number of carboxylic acid groups (broad SMARTS) is 1. The van der Waals surface area contributed by atoms with E-state index in [-0.39, 0.29) is 11.1 Å². The minimum Gasteiger partial charge on any atom is -0.476 e. The van der Waals surface area contributed by atoms with Crippen LogP contribution in [0.4, 0.5) is 0 Å². The van der Waals surface area contributed by atoms with E-state index in [4.69, 9.17) is 0 Å². The number of aromatic nitrogens is 4. The van der Waals surface area contributed by atoms with Gasteiger partial charge in [0.2, 0.25) is 5.13 Å². The maximum Gasteiger partial charge on any atom is 0.358 e. The zero-order chi connectivity index (χ0) is 14.4. The predicted octanol–water partition coefficient (Wildman–Crippen LogP) is 2.34. The zero-order valence-corrected chi connectivity index (χ0v) is 12.4. The van der Waals surface area contributed by atoms with Crippen LogP contribution < -0.4 is 0 Å². The third kappa shape index (κ3) is 2.37. The number of hydrogen-bond acceptors (Lipinski definition) is 5. The van der Waals surface area contributed by atoms with Crippen LogP contribution in [0.2, 0.25) is 0 Å². The summed E-state index contributed by atoms with van der Waals surface area (Å²) < 4.78 is 1.54. The lowest BCUT2D eigenvalue weighted by Crippen LogP contribution is -2.21. The number of nitrogens with zero attached hydrogens (tertiary/aromatic N) is 4. The van der Waals surface area contributed by atoms with Crippen LogP contribution in [0.3, 0.4) is 0 Å². The van der Waals surface area contributed by atoms with E-state index in [9.17, 15) is 9.90 Å². The van der Waals surface area contributed by atoms with Gasteiger partial charge in [-0.1, -0.05) is 37.3 Å². The first-order valence-electron chi connectivity index (χ1n) is 5.85. The first-order chi connectivity index (χ1) is 8.71. The summed E-state index contributed by atoms with van der Waals surface area (Å²) in [5.74, 6) is -1.07. The molecule has 0 aliphatic rings. The Balaban J connectivity index is 2.68. The average molecular weight is 280 g/mol. The topological polar surface area (TPSA) is 80.9 Å². The van der Waals surface area contributed by atoms with Gasteiger partial charge in [0.15, 0.2) is 5.69 Å². The fourth-order valence-electron chi connectivity index (χ4n) is 1.78. The molecule has 0 spiro atoms. The molecule has 2 rings (SSSR count). The summed E-state index contributed by atoms with van der Waals surface area (Å²) in [6, 6.07) is 0. The molecule has 2 heterocycles. The van der Waals surface area contributed by atoms with Crippen molar-refractivity contribution >= 4 is 17.3 Å². The van der Waals surface area contributed by atoms with Crippen molar-refractivity contribution in [2.24, 2.45) is 0 Å². The van der Waals surface area contributed by atoms with Gasteiger partial charge in [-0.25, -0.2) is 9.78 Å². The number of thiazole rings is 1. The molecule has 0 amide bonds. The summed E-state index contributed by atoms with van der Waals surface area (Å²) in [6.07, 6.45) is 0. The second-order valence-electron chi connectivity index (χ2n) is 5.39. The Morgan fingerprint density at radius 1 is 1.32 bits per heavy atom. The fourth-order valence-corrected chi connectivity index (χ4v) is 2.64. The maximum absolute atomic E-state index is 11.3. The Kier molecular flexibility index (Phi) is 3.17. The number of rotatable bonds is 2. The molecule has 7 heteroatoms. The summed E-state index contributed by atoms with van der Waals surface area (Å²) >= 11 is 1.48. The van der Waals surface area contributed by atoms with Crippen LogP contribution >= 0.6 is 11.3 Å². The lowest BCUT2D eigenvalue weighted by Gasteiger charge is -2.19. The summed E-state index contributed by atoms with van der Waals surface area (Å²) in [5, 5.41) is 17.6. The number of carboxylic acids is 1. The first kappa shape index (κ1) is 13.7. The molecule has 0 unspecified atom stereocenters. The van der Waals surface area contributed by atoms with Crippen molar-refractivity contribution in [1.29, 1.82) is 0 Å². The summed E-state index contributed by atoms with van der Waals surface area (Å²) in [5.41, 5.74) is 1.09. The van der Waals surface area contributed by atoms with Gasteiger partial charge in [-0.05, 0) is 13.8 Å². The van der Waals surface area contributed by atoms with Crippen molar-refractivity contribution in [3.63, 3.8) is 0 Å². The Morgan fingerprint density at radius 3 is 2.37 bits per heavy atom. The van der Waals surface area contributed by atoms with Gasteiger partial charge in [-0.15, -0.1) is 5.10 Å². The monoisotopic (exact) mass is 280 g/mol. The standard InChI is InChI=1S/C12H16N4O2S/c1-6-7(2)19-11(13-6)16-9(12(3,4)5)8(10(17)18)14-15-16/h1-5H3,(H,17,18). The maximum atomic E-state index is 11.3. The number of carbonyl (C=O) groups is 1. The quantitative estimate of drug-likeness (QED) is 0.913. The third-order valence-corrected chi connectivity index (χ3v) is 3.83. The van der Waals surface area contributed by atoms with E-state index in [2.05, 4.69) is 15.3 Å². The SMILES string of the molecule is Cc1nc(-n2nnc(C(=O)O)c2C(C)(C)C)sc1C. The largest absolute Gasteiger partial charge is 0.476 e. The van der Waals surface area contributed by atoms with E-state index < -0.39 is 5.97 Å². The predicted molar refractivity (Wildman–Crippen MR) is 72.2 cm³/mol. The van der Waals surface area contributed by atoms with Crippen LogP contribution in [0.15, 0.2) is 0 Å². The van der Waals surface area contributed by atoms with E-state index in [1.807, 2.05) is 34.6 Å². The molecule has 2 aromatic heterocycles. The molecule has 0 radical (unpaired) electrons. The Bertz CT molecular complexity index is 617. The van der Waals surface area contributed by atoms with Crippen molar-refractivity contribution in [3.8, 4) is 5.13 Å². The van der Waals surface area contributed by atoms with Gasteiger partial charge in [-0.3, -0.25) is 0 Å². The molecule has 0 saturated carbocycles. The second-order valence-corrected chi connectivity index (χ2v) is 6.57. The van der Waals surface area contributed by atoms with Crippen LogP contribution in [0.5, 0.6) is 0 Å². The molecule has 0 aromatic carbocycles.